The zero-order valence-electron chi connectivity index (χ0n) is 19.4. The predicted octanol–water partition coefficient (Wildman–Crippen LogP) is 4.19. The molecular weight excluding hydrogens is 427 g/mol. The van der Waals surface area contributed by atoms with Crippen LogP contribution in [0.15, 0.2) is 36.5 Å². The predicted molar refractivity (Wildman–Crippen MR) is 123 cm³/mol. The molecule has 9 heteroatoms. The molecule has 3 N–H and O–H groups in total. The van der Waals surface area contributed by atoms with Crippen molar-refractivity contribution in [3.8, 4) is 5.75 Å². The second-order valence-electron chi connectivity index (χ2n) is 9.14. The van der Waals surface area contributed by atoms with Gasteiger partial charge in [-0.15, -0.1) is 0 Å². The Labute approximate surface area is 193 Å². The van der Waals surface area contributed by atoms with Gasteiger partial charge in [0.25, 0.3) is 0 Å². The molecule has 1 aromatic heterocycles. The Morgan fingerprint density at radius 1 is 1.27 bits per heavy atom. The normalized spacial score (nSPS) is 16.2. The Morgan fingerprint density at radius 2 is 2.06 bits per heavy atom. The van der Waals surface area contributed by atoms with Gasteiger partial charge in [-0.3, -0.25) is 4.98 Å². The number of aromatic nitrogens is 1. The molecule has 0 spiro atoms. The van der Waals surface area contributed by atoms with Gasteiger partial charge in [-0.25, -0.2) is 14.0 Å². The van der Waals surface area contributed by atoms with Gasteiger partial charge in [0.2, 0.25) is 0 Å². The van der Waals surface area contributed by atoms with Crippen molar-refractivity contribution in [1.82, 2.24) is 15.6 Å². The number of nitrogens with zero attached hydrogens (tertiary/aromatic N) is 1. The average molecular weight is 459 g/mol. The van der Waals surface area contributed by atoms with Crippen molar-refractivity contribution in [2.45, 2.75) is 64.7 Å². The van der Waals surface area contributed by atoms with Gasteiger partial charge in [0, 0.05) is 17.8 Å². The summed E-state index contributed by atoms with van der Waals surface area (Å²) >= 11 is 0. The molecule has 0 bridgehead atoms. The Balaban J connectivity index is 1.49. The molecule has 2 atom stereocenters. The number of benzene rings is 1. The molecule has 8 nitrogen and oxygen atoms in total. The molecule has 1 aliphatic rings. The number of urea groups is 1. The molecule has 2 unspecified atom stereocenters. The Morgan fingerprint density at radius 3 is 2.79 bits per heavy atom. The second-order valence-corrected chi connectivity index (χ2v) is 9.14. The summed E-state index contributed by atoms with van der Waals surface area (Å²) in [6.07, 6.45) is 2.95. The summed E-state index contributed by atoms with van der Waals surface area (Å²) in [7, 11) is 0. The van der Waals surface area contributed by atoms with Gasteiger partial charge in [0.1, 0.15) is 23.3 Å². The van der Waals surface area contributed by atoms with Crippen molar-refractivity contribution >= 4 is 17.8 Å². The zero-order chi connectivity index (χ0) is 24.0. The summed E-state index contributed by atoms with van der Waals surface area (Å²) in [5.74, 6) is 0.0204. The van der Waals surface area contributed by atoms with Crippen LogP contribution in [-0.4, -0.2) is 41.4 Å². The van der Waals surface area contributed by atoms with E-state index in [9.17, 15) is 14.0 Å². The number of hydrogen-bond donors (Lipinski definition) is 3. The van der Waals surface area contributed by atoms with Crippen LogP contribution < -0.4 is 20.7 Å². The maximum absolute atomic E-state index is 13.3. The molecule has 1 aliphatic carbocycles. The third-order valence-corrected chi connectivity index (χ3v) is 4.92. The van der Waals surface area contributed by atoms with Crippen LogP contribution in [0.1, 0.15) is 45.4 Å². The number of aryl methyl sites for hydroxylation is 1. The van der Waals surface area contributed by atoms with Crippen LogP contribution in [0.3, 0.4) is 0 Å². The molecule has 0 radical (unpaired) electrons. The summed E-state index contributed by atoms with van der Waals surface area (Å²) in [4.78, 5) is 28.8. The van der Waals surface area contributed by atoms with Crippen LogP contribution >= 0.6 is 0 Å². The number of alkyl carbamates (subject to hydrolysis) is 1. The fraction of sp³-hybridized carbons (Fsp3) is 0.458. The topological polar surface area (TPSA) is 102 Å². The number of amides is 3. The highest BCUT2D eigenvalue weighted by Crippen LogP contribution is 2.23. The van der Waals surface area contributed by atoms with Crippen LogP contribution in [-0.2, 0) is 17.6 Å². The molecule has 0 fully saturated rings. The molecule has 1 heterocycles. The van der Waals surface area contributed by atoms with E-state index in [2.05, 4.69) is 20.9 Å². The van der Waals surface area contributed by atoms with E-state index in [1.165, 1.54) is 12.1 Å². The lowest BCUT2D eigenvalue weighted by atomic mass is 9.91. The SMILES string of the molecule is CC(CNC(=O)Nc1cnc2c(c1)CC(NC(=O)OC(C)(C)C)CC2)Oc1cccc(F)c1. The highest BCUT2D eigenvalue weighted by atomic mass is 19.1. The Bertz CT molecular complexity index is 993. The first-order valence-corrected chi connectivity index (χ1v) is 11.0. The highest BCUT2D eigenvalue weighted by molar-refractivity contribution is 5.89. The van der Waals surface area contributed by atoms with Gasteiger partial charge in [0.15, 0.2) is 0 Å². The van der Waals surface area contributed by atoms with Crippen LogP contribution in [0.25, 0.3) is 0 Å². The number of carbonyl (C=O) groups is 2. The lowest BCUT2D eigenvalue weighted by molar-refractivity contribution is 0.0500. The van der Waals surface area contributed by atoms with Crippen molar-refractivity contribution in [1.29, 1.82) is 0 Å². The lowest BCUT2D eigenvalue weighted by Gasteiger charge is -2.27. The maximum atomic E-state index is 13.3. The van der Waals surface area contributed by atoms with E-state index < -0.39 is 17.7 Å². The van der Waals surface area contributed by atoms with Gasteiger partial charge in [-0.05, 0) is 70.7 Å². The lowest BCUT2D eigenvalue weighted by Crippen LogP contribution is -2.42. The molecule has 178 valence electrons. The van der Waals surface area contributed by atoms with Crippen molar-refractivity contribution in [3.63, 3.8) is 0 Å². The number of rotatable bonds is 6. The highest BCUT2D eigenvalue weighted by Gasteiger charge is 2.24. The molecule has 3 amide bonds. The van der Waals surface area contributed by atoms with E-state index in [0.717, 1.165) is 24.1 Å². The van der Waals surface area contributed by atoms with E-state index in [1.807, 2.05) is 26.8 Å². The van der Waals surface area contributed by atoms with Gasteiger partial charge in [-0.2, -0.15) is 0 Å². The van der Waals surface area contributed by atoms with E-state index in [-0.39, 0.29) is 24.5 Å². The average Bonchev–Trinajstić information content (AvgIpc) is 2.70. The fourth-order valence-corrected chi connectivity index (χ4v) is 3.51. The van der Waals surface area contributed by atoms with Crippen LogP contribution in [0.4, 0.5) is 19.7 Å². The molecule has 1 aromatic carbocycles. The Hall–Kier alpha value is -3.36. The van der Waals surface area contributed by atoms with E-state index in [4.69, 9.17) is 9.47 Å². The number of carbonyl (C=O) groups excluding carboxylic acids is 2. The van der Waals surface area contributed by atoms with Gasteiger partial charge >= 0.3 is 12.1 Å². The molecule has 33 heavy (non-hydrogen) atoms. The standard InChI is InChI=1S/C24H31FN4O4/c1-15(32-20-7-5-6-17(25)12-20)13-27-22(30)28-19-11-16-10-18(8-9-21(16)26-14-19)29-23(31)33-24(2,3)4/h5-7,11-12,14-15,18H,8-10,13H2,1-4H3,(H,29,31)(H2,27,28,30). The number of halogens is 1. The first kappa shape index (κ1) is 24.3. The smallest absolute Gasteiger partial charge is 0.407 e. The zero-order valence-corrected chi connectivity index (χ0v) is 19.4. The maximum Gasteiger partial charge on any atom is 0.407 e. The minimum Gasteiger partial charge on any atom is -0.489 e. The molecule has 0 aliphatic heterocycles. The third-order valence-electron chi connectivity index (χ3n) is 4.92. The fourth-order valence-electron chi connectivity index (χ4n) is 3.51. The van der Waals surface area contributed by atoms with Crippen molar-refractivity contribution in [3.05, 3.63) is 53.6 Å². The quantitative estimate of drug-likeness (QED) is 0.603. The van der Waals surface area contributed by atoms with Crippen LogP contribution in [0, 0.1) is 5.82 Å². The van der Waals surface area contributed by atoms with E-state index >= 15 is 0 Å². The summed E-state index contributed by atoms with van der Waals surface area (Å²) < 4.78 is 24.2. The van der Waals surface area contributed by atoms with Crippen molar-refractivity contribution < 1.29 is 23.5 Å². The minimum atomic E-state index is -0.553. The largest absolute Gasteiger partial charge is 0.489 e. The monoisotopic (exact) mass is 458 g/mol. The van der Waals surface area contributed by atoms with Gasteiger partial charge < -0.3 is 25.4 Å². The molecule has 2 aromatic rings. The number of ether oxygens (including phenoxy) is 2. The summed E-state index contributed by atoms with van der Waals surface area (Å²) in [5, 5.41) is 8.41. The van der Waals surface area contributed by atoms with Gasteiger partial charge in [-0.1, -0.05) is 6.07 Å². The summed E-state index contributed by atoms with van der Waals surface area (Å²) in [6.45, 7) is 7.49. The summed E-state index contributed by atoms with van der Waals surface area (Å²) in [6, 6.07) is 7.27. The molecule has 0 saturated heterocycles. The molecular formula is C24H31FN4O4. The second kappa shape index (κ2) is 10.5. The number of hydrogen-bond acceptors (Lipinski definition) is 5. The molecule has 0 saturated carbocycles. The minimum absolute atomic E-state index is 0.0564. The number of pyridine rings is 1. The van der Waals surface area contributed by atoms with Crippen molar-refractivity contribution in [2.75, 3.05) is 11.9 Å². The first-order chi connectivity index (χ1) is 15.6. The van der Waals surface area contributed by atoms with Crippen LogP contribution in [0.5, 0.6) is 5.75 Å². The first-order valence-electron chi connectivity index (χ1n) is 11.0. The number of fused-ring (bicyclic) bond motifs is 1. The van der Waals surface area contributed by atoms with Gasteiger partial charge in [0.05, 0.1) is 18.4 Å². The molecule has 3 rings (SSSR count). The Kier molecular flexibility index (Phi) is 7.73. The van der Waals surface area contributed by atoms with E-state index in [0.29, 0.717) is 17.9 Å². The summed E-state index contributed by atoms with van der Waals surface area (Å²) in [5.41, 5.74) is 1.94. The van der Waals surface area contributed by atoms with E-state index in [1.54, 1.807) is 25.3 Å². The number of anilines is 1. The third kappa shape index (κ3) is 7.93. The number of nitrogens with one attached hydrogen (secondary N) is 3. The van der Waals surface area contributed by atoms with Crippen LogP contribution in [0.2, 0.25) is 0 Å². The van der Waals surface area contributed by atoms with Crippen molar-refractivity contribution in [2.24, 2.45) is 0 Å².